The minimum atomic E-state index is -0.669. The Balaban J connectivity index is 2.45. The van der Waals surface area contributed by atoms with Crippen LogP contribution in [0.3, 0.4) is 0 Å². The Morgan fingerprint density at radius 2 is 2.04 bits per heavy atom. The fraction of sp³-hybridized carbons (Fsp3) is 0.389. The molecular weight excluding hydrogens is 417 g/mol. The first-order valence-electron chi connectivity index (χ1n) is 7.78. The minimum absolute atomic E-state index is 0.125. The molecule has 0 aliphatic heterocycles. The van der Waals surface area contributed by atoms with Gasteiger partial charge in [-0.2, -0.15) is 0 Å². The molecule has 1 aromatic carbocycles. The molecule has 2 rings (SSSR count). The first-order chi connectivity index (χ1) is 11.2. The van der Waals surface area contributed by atoms with Crippen molar-refractivity contribution >= 4 is 28.5 Å². The molecule has 0 spiro atoms. The minimum Gasteiger partial charge on any atom is -0.394 e. The molecule has 6 heteroatoms. The van der Waals surface area contributed by atoms with Crippen LogP contribution in [0.4, 0.5) is 0 Å². The Kier molecular flexibility index (Phi) is 5.92. The van der Waals surface area contributed by atoms with Gasteiger partial charge in [-0.3, -0.25) is 4.79 Å². The third-order valence-corrected chi connectivity index (χ3v) is 4.23. The van der Waals surface area contributed by atoms with Gasteiger partial charge in [0, 0.05) is 20.9 Å². The molecule has 0 aliphatic rings. The molecule has 2 aromatic rings. The lowest BCUT2D eigenvalue weighted by molar-refractivity contribution is 0.0869. The molecule has 1 heterocycles. The van der Waals surface area contributed by atoms with Crippen molar-refractivity contribution in [1.29, 1.82) is 0 Å². The van der Waals surface area contributed by atoms with Crippen molar-refractivity contribution in [1.82, 2.24) is 15.3 Å². The fourth-order valence-corrected chi connectivity index (χ4v) is 2.99. The SMILES string of the molecule is CC(C)c1ncncc1-c1cc(I)cc(C(=O)NC(C)(C)CO)c1. The molecular formula is C18H22IN3O2. The molecule has 128 valence electrons. The highest BCUT2D eigenvalue weighted by molar-refractivity contribution is 14.1. The smallest absolute Gasteiger partial charge is 0.251 e. The van der Waals surface area contributed by atoms with Crippen LogP contribution < -0.4 is 5.32 Å². The molecule has 0 aliphatic carbocycles. The topological polar surface area (TPSA) is 75.1 Å². The maximum absolute atomic E-state index is 12.5. The number of aliphatic hydroxyl groups excluding tert-OH is 1. The zero-order valence-electron chi connectivity index (χ0n) is 14.3. The number of nitrogens with one attached hydrogen (secondary N) is 1. The van der Waals surface area contributed by atoms with E-state index >= 15 is 0 Å². The number of rotatable bonds is 5. The molecule has 0 bridgehead atoms. The molecule has 0 saturated heterocycles. The van der Waals surface area contributed by atoms with Crippen LogP contribution in [0.25, 0.3) is 11.1 Å². The lowest BCUT2D eigenvalue weighted by atomic mass is 9.97. The average molecular weight is 439 g/mol. The Morgan fingerprint density at radius 1 is 1.33 bits per heavy atom. The molecule has 0 unspecified atom stereocenters. The monoisotopic (exact) mass is 439 g/mol. The lowest BCUT2D eigenvalue weighted by Gasteiger charge is -2.23. The van der Waals surface area contributed by atoms with E-state index in [1.165, 1.54) is 0 Å². The molecule has 0 saturated carbocycles. The second kappa shape index (κ2) is 7.57. The van der Waals surface area contributed by atoms with Gasteiger partial charge in [0.1, 0.15) is 6.33 Å². The Labute approximate surface area is 156 Å². The number of aromatic nitrogens is 2. The van der Waals surface area contributed by atoms with Crippen LogP contribution in [-0.4, -0.2) is 33.1 Å². The van der Waals surface area contributed by atoms with Gasteiger partial charge in [0.05, 0.1) is 17.8 Å². The van der Waals surface area contributed by atoms with Gasteiger partial charge in [0.2, 0.25) is 0 Å². The van der Waals surface area contributed by atoms with Crippen LogP contribution in [0.2, 0.25) is 0 Å². The van der Waals surface area contributed by atoms with Crippen LogP contribution in [0.15, 0.2) is 30.7 Å². The van der Waals surface area contributed by atoms with E-state index in [0.717, 1.165) is 20.4 Å². The number of hydrogen-bond acceptors (Lipinski definition) is 4. The van der Waals surface area contributed by atoms with Gasteiger partial charge in [-0.25, -0.2) is 9.97 Å². The fourth-order valence-electron chi connectivity index (χ4n) is 2.32. The van der Waals surface area contributed by atoms with E-state index in [2.05, 4.69) is 51.7 Å². The van der Waals surface area contributed by atoms with E-state index in [4.69, 9.17) is 0 Å². The van der Waals surface area contributed by atoms with Crippen molar-refractivity contribution in [2.45, 2.75) is 39.2 Å². The third-order valence-electron chi connectivity index (χ3n) is 3.61. The van der Waals surface area contributed by atoms with Crippen molar-refractivity contribution in [3.8, 4) is 11.1 Å². The standard InChI is InChI=1S/C18H22IN3O2/c1-11(2)16-15(8-20-10-21-16)12-5-13(7-14(19)6-12)17(24)22-18(3,4)9-23/h5-8,10-11,23H,9H2,1-4H3,(H,22,24). The normalized spacial score (nSPS) is 11.6. The first kappa shape index (κ1) is 18.8. The number of aliphatic hydroxyl groups is 1. The summed E-state index contributed by atoms with van der Waals surface area (Å²) in [6.45, 7) is 7.59. The maximum Gasteiger partial charge on any atom is 0.251 e. The van der Waals surface area contributed by atoms with E-state index in [1.54, 1.807) is 26.4 Å². The molecule has 1 amide bonds. The number of amides is 1. The maximum atomic E-state index is 12.5. The number of nitrogens with zero attached hydrogens (tertiary/aromatic N) is 2. The summed E-state index contributed by atoms with van der Waals surface area (Å²) in [5.74, 6) is 0.0447. The van der Waals surface area contributed by atoms with Crippen LogP contribution in [-0.2, 0) is 0 Å². The zero-order valence-corrected chi connectivity index (χ0v) is 16.5. The number of carbonyl (C=O) groups is 1. The van der Waals surface area contributed by atoms with Gasteiger partial charge >= 0.3 is 0 Å². The van der Waals surface area contributed by atoms with E-state index in [1.807, 2.05) is 18.2 Å². The molecule has 0 radical (unpaired) electrons. The lowest BCUT2D eigenvalue weighted by Crippen LogP contribution is -2.46. The molecule has 0 fully saturated rings. The molecule has 5 nitrogen and oxygen atoms in total. The van der Waals surface area contributed by atoms with E-state index in [-0.39, 0.29) is 18.4 Å². The largest absolute Gasteiger partial charge is 0.394 e. The summed E-state index contributed by atoms with van der Waals surface area (Å²) in [5.41, 5.74) is 2.68. The Bertz CT molecular complexity index is 745. The molecule has 0 atom stereocenters. The quantitative estimate of drug-likeness (QED) is 0.701. The highest BCUT2D eigenvalue weighted by Gasteiger charge is 2.21. The van der Waals surface area contributed by atoms with Gasteiger partial charge in [0.15, 0.2) is 0 Å². The zero-order chi connectivity index (χ0) is 17.9. The number of halogens is 1. The van der Waals surface area contributed by atoms with Gasteiger partial charge in [-0.05, 0) is 66.1 Å². The summed E-state index contributed by atoms with van der Waals surface area (Å²) < 4.78 is 0.954. The van der Waals surface area contributed by atoms with Gasteiger partial charge in [0.25, 0.3) is 5.91 Å². The predicted octanol–water partition coefficient (Wildman–Crippen LogP) is 3.37. The van der Waals surface area contributed by atoms with Gasteiger partial charge < -0.3 is 10.4 Å². The van der Waals surface area contributed by atoms with Gasteiger partial charge in [-0.15, -0.1) is 0 Å². The molecule has 2 N–H and O–H groups in total. The Hall–Kier alpha value is -1.54. The third kappa shape index (κ3) is 4.51. The molecule has 1 aromatic heterocycles. The van der Waals surface area contributed by atoms with Crippen LogP contribution in [0.5, 0.6) is 0 Å². The summed E-state index contributed by atoms with van der Waals surface area (Å²) in [7, 11) is 0. The summed E-state index contributed by atoms with van der Waals surface area (Å²) in [4.78, 5) is 21.0. The van der Waals surface area contributed by atoms with Crippen molar-refractivity contribution in [3.05, 3.63) is 45.6 Å². The highest BCUT2D eigenvalue weighted by Crippen LogP contribution is 2.29. The Morgan fingerprint density at radius 3 is 2.67 bits per heavy atom. The van der Waals surface area contributed by atoms with Crippen LogP contribution in [0, 0.1) is 3.57 Å². The van der Waals surface area contributed by atoms with Gasteiger partial charge in [-0.1, -0.05) is 13.8 Å². The van der Waals surface area contributed by atoms with Crippen molar-refractivity contribution in [2.75, 3.05) is 6.61 Å². The first-order valence-corrected chi connectivity index (χ1v) is 8.85. The van der Waals surface area contributed by atoms with E-state index in [9.17, 15) is 9.90 Å². The van der Waals surface area contributed by atoms with Crippen molar-refractivity contribution < 1.29 is 9.90 Å². The summed E-state index contributed by atoms with van der Waals surface area (Å²) in [5, 5.41) is 12.2. The summed E-state index contributed by atoms with van der Waals surface area (Å²) in [6.07, 6.45) is 3.33. The average Bonchev–Trinajstić information content (AvgIpc) is 2.53. The van der Waals surface area contributed by atoms with E-state index < -0.39 is 5.54 Å². The summed E-state index contributed by atoms with van der Waals surface area (Å²) >= 11 is 2.20. The number of hydrogen-bond donors (Lipinski definition) is 2. The van der Waals surface area contributed by atoms with Crippen LogP contribution in [0.1, 0.15) is 49.7 Å². The summed E-state index contributed by atoms with van der Waals surface area (Å²) in [6, 6.07) is 5.68. The van der Waals surface area contributed by atoms with E-state index in [0.29, 0.717) is 5.56 Å². The number of carbonyl (C=O) groups excluding carboxylic acids is 1. The van der Waals surface area contributed by atoms with Crippen molar-refractivity contribution in [2.24, 2.45) is 0 Å². The second-order valence-corrected chi connectivity index (χ2v) is 7.95. The van der Waals surface area contributed by atoms with Crippen LogP contribution >= 0.6 is 22.6 Å². The molecule has 24 heavy (non-hydrogen) atoms. The second-order valence-electron chi connectivity index (χ2n) is 6.70. The highest BCUT2D eigenvalue weighted by atomic mass is 127. The number of benzene rings is 1. The van der Waals surface area contributed by atoms with Crippen molar-refractivity contribution in [3.63, 3.8) is 0 Å². The predicted molar refractivity (Wildman–Crippen MR) is 103 cm³/mol.